The average Bonchev–Trinajstić information content (AvgIpc) is 2.74. The lowest BCUT2D eigenvalue weighted by molar-refractivity contribution is -0.114. The van der Waals surface area contributed by atoms with Gasteiger partial charge in [0.2, 0.25) is 5.91 Å². The summed E-state index contributed by atoms with van der Waals surface area (Å²) in [6, 6.07) is 17.5. The van der Waals surface area contributed by atoms with Crippen LogP contribution in [0.25, 0.3) is 0 Å². The van der Waals surface area contributed by atoms with Gasteiger partial charge in [-0.3, -0.25) is 9.10 Å². The van der Waals surface area contributed by atoms with E-state index in [9.17, 15) is 13.2 Å². The van der Waals surface area contributed by atoms with Gasteiger partial charge in [-0.05, 0) is 55.0 Å². The summed E-state index contributed by atoms with van der Waals surface area (Å²) in [7, 11) is -2.55. The zero-order valence-corrected chi connectivity index (χ0v) is 19.1. The van der Waals surface area contributed by atoms with E-state index in [1.165, 1.54) is 31.4 Å². The van der Waals surface area contributed by atoms with Crippen LogP contribution >= 0.6 is 23.2 Å². The van der Waals surface area contributed by atoms with Crippen molar-refractivity contribution in [1.29, 1.82) is 0 Å². The lowest BCUT2D eigenvalue weighted by Crippen LogP contribution is -2.38. The van der Waals surface area contributed by atoms with Crippen LogP contribution in [0.1, 0.15) is 5.56 Å². The number of sulfonamides is 1. The van der Waals surface area contributed by atoms with Gasteiger partial charge in [0.15, 0.2) is 0 Å². The number of hydrogen-bond donors (Lipinski definition) is 1. The van der Waals surface area contributed by atoms with Gasteiger partial charge in [0, 0.05) is 10.7 Å². The Labute approximate surface area is 191 Å². The number of benzene rings is 3. The van der Waals surface area contributed by atoms with E-state index in [-0.39, 0.29) is 4.90 Å². The molecule has 3 aromatic carbocycles. The molecule has 0 aliphatic carbocycles. The topological polar surface area (TPSA) is 75.7 Å². The van der Waals surface area contributed by atoms with E-state index in [0.717, 1.165) is 4.31 Å². The van der Waals surface area contributed by atoms with E-state index in [1.54, 1.807) is 49.4 Å². The van der Waals surface area contributed by atoms with Gasteiger partial charge in [-0.2, -0.15) is 0 Å². The molecule has 0 aromatic heterocycles. The second-order valence-electron chi connectivity index (χ2n) is 6.65. The summed E-state index contributed by atoms with van der Waals surface area (Å²) in [4.78, 5) is 12.9. The van der Waals surface area contributed by atoms with Gasteiger partial charge >= 0.3 is 0 Å². The third-order valence-electron chi connectivity index (χ3n) is 4.49. The van der Waals surface area contributed by atoms with Crippen molar-refractivity contribution in [3.8, 4) is 5.75 Å². The van der Waals surface area contributed by atoms with Gasteiger partial charge in [0.05, 0.1) is 22.7 Å². The van der Waals surface area contributed by atoms with Crippen molar-refractivity contribution in [1.82, 2.24) is 0 Å². The first-order chi connectivity index (χ1) is 14.7. The van der Waals surface area contributed by atoms with Crippen molar-refractivity contribution >= 4 is 50.5 Å². The summed E-state index contributed by atoms with van der Waals surface area (Å²) in [6.45, 7) is 1.29. The smallest absolute Gasteiger partial charge is 0.264 e. The number of amides is 1. The van der Waals surface area contributed by atoms with Crippen LogP contribution < -0.4 is 14.4 Å². The summed E-state index contributed by atoms with van der Waals surface area (Å²) >= 11 is 12.2. The lowest BCUT2D eigenvalue weighted by atomic mass is 10.2. The fourth-order valence-corrected chi connectivity index (χ4v) is 4.87. The Balaban J connectivity index is 1.96. The molecule has 0 radical (unpaired) electrons. The van der Waals surface area contributed by atoms with E-state index in [0.29, 0.717) is 32.7 Å². The van der Waals surface area contributed by atoms with Crippen LogP contribution in [0.2, 0.25) is 10.0 Å². The third-order valence-corrected chi connectivity index (χ3v) is 6.80. The van der Waals surface area contributed by atoms with Crippen molar-refractivity contribution in [2.45, 2.75) is 11.8 Å². The van der Waals surface area contributed by atoms with Crippen LogP contribution in [0.4, 0.5) is 11.4 Å². The molecule has 0 saturated heterocycles. The third kappa shape index (κ3) is 5.31. The number of nitrogens with zero attached hydrogens (tertiary/aromatic N) is 1. The predicted molar refractivity (Wildman–Crippen MR) is 124 cm³/mol. The summed E-state index contributed by atoms with van der Waals surface area (Å²) in [6.07, 6.45) is 0. The summed E-state index contributed by atoms with van der Waals surface area (Å²) < 4.78 is 32.9. The number of carbonyl (C=O) groups excluding carboxylic acids is 1. The normalized spacial score (nSPS) is 11.1. The molecule has 0 heterocycles. The second kappa shape index (κ2) is 9.60. The molecule has 0 fully saturated rings. The van der Waals surface area contributed by atoms with Crippen LogP contribution in [0.5, 0.6) is 5.75 Å². The van der Waals surface area contributed by atoms with E-state index in [1.807, 2.05) is 0 Å². The van der Waals surface area contributed by atoms with Gasteiger partial charge in [0.25, 0.3) is 10.0 Å². The molecular weight excluding hydrogens is 459 g/mol. The van der Waals surface area contributed by atoms with E-state index >= 15 is 0 Å². The number of nitrogens with one attached hydrogen (secondary N) is 1. The van der Waals surface area contributed by atoms with Gasteiger partial charge < -0.3 is 10.1 Å². The van der Waals surface area contributed by atoms with Crippen molar-refractivity contribution in [2.75, 3.05) is 23.3 Å². The Morgan fingerprint density at radius 3 is 2.39 bits per heavy atom. The van der Waals surface area contributed by atoms with Crippen LogP contribution in [0.3, 0.4) is 0 Å². The number of hydrogen-bond acceptors (Lipinski definition) is 4. The Kier molecular flexibility index (Phi) is 7.10. The predicted octanol–water partition coefficient (Wildman–Crippen LogP) is 5.14. The number of rotatable bonds is 7. The highest BCUT2D eigenvalue weighted by Crippen LogP contribution is 2.30. The molecule has 9 heteroatoms. The summed E-state index contributed by atoms with van der Waals surface area (Å²) in [5.74, 6) is -0.0809. The number of halogens is 2. The molecule has 0 spiro atoms. The molecule has 1 amide bonds. The second-order valence-corrected chi connectivity index (χ2v) is 9.36. The maximum Gasteiger partial charge on any atom is 0.264 e. The zero-order chi connectivity index (χ0) is 22.6. The van der Waals surface area contributed by atoms with E-state index < -0.39 is 22.5 Å². The Morgan fingerprint density at radius 1 is 1.03 bits per heavy atom. The first kappa shape index (κ1) is 22.9. The fourth-order valence-electron chi connectivity index (χ4n) is 2.95. The zero-order valence-electron chi connectivity index (χ0n) is 16.8. The Morgan fingerprint density at radius 2 is 1.74 bits per heavy atom. The average molecular weight is 479 g/mol. The number of anilines is 2. The molecular formula is C22H20Cl2N2O4S. The van der Waals surface area contributed by atoms with Crippen LogP contribution in [0, 0.1) is 6.92 Å². The molecule has 0 unspecified atom stereocenters. The SMILES string of the molecule is COc1ccc(NC(=O)CN(c2cc(Cl)ccc2C)S(=O)(=O)c2ccccc2)cc1Cl. The largest absolute Gasteiger partial charge is 0.495 e. The Bertz CT molecular complexity index is 1200. The molecule has 0 bridgehead atoms. The quantitative estimate of drug-likeness (QED) is 0.509. The molecule has 3 aromatic rings. The summed E-state index contributed by atoms with van der Waals surface area (Å²) in [5, 5.41) is 3.35. The standard InChI is InChI=1S/C22H20Cl2N2O4S/c1-15-8-9-16(23)12-20(15)26(31(28,29)18-6-4-3-5-7-18)14-22(27)25-17-10-11-21(30-2)19(24)13-17/h3-13H,14H2,1-2H3,(H,25,27). The summed E-state index contributed by atoms with van der Waals surface area (Å²) in [5.41, 5.74) is 1.39. The monoisotopic (exact) mass is 478 g/mol. The van der Waals surface area contributed by atoms with Gasteiger partial charge in [-0.25, -0.2) is 8.42 Å². The van der Waals surface area contributed by atoms with Gasteiger partial charge in [-0.15, -0.1) is 0 Å². The van der Waals surface area contributed by atoms with Crippen LogP contribution in [-0.2, 0) is 14.8 Å². The molecule has 0 saturated carbocycles. The first-order valence-corrected chi connectivity index (χ1v) is 11.4. The lowest BCUT2D eigenvalue weighted by Gasteiger charge is -2.26. The van der Waals surface area contributed by atoms with E-state index in [4.69, 9.17) is 27.9 Å². The first-order valence-electron chi connectivity index (χ1n) is 9.19. The van der Waals surface area contributed by atoms with Crippen LogP contribution in [0.15, 0.2) is 71.6 Å². The van der Waals surface area contributed by atoms with E-state index in [2.05, 4.69) is 5.32 Å². The fraction of sp³-hybridized carbons (Fsp3) is 0.136. The molecule has 1 N–H and O–H groups in total. The molecule has 3 rings (SSSR count). The molecule has 6 nitrogen and oxygen atoms in total. The van der Waals surface area contributed by atoms with Gasteiger partial charge in [0.1, 0.15) is 12.3 Å². The number of carbonyl (C=O) groups is 1. The molecule has 0 atom stereocenters. The van der Waals surface area contributed by atoms with Gasteiger partial charge in [-0.1, -0.05) is 47.5 Å². The Hall–Kier alpha value is -2.74. The maximum absolute atomic E-state index is 13.4. The number of ether oxygens (including phenoxy) is 1. The minimum Gasteiger partial charge on any atom is -0.495 e. The highest BCUT2D eigenvalue weighted by atomic mass is 35.5. The van der Waals surface area contributed by atoms with Crippen LogP contribution in [-0.4, -0.2) is 28.0 Å². The number of aryl methyl sites for hydroxylation is 1. The van der Waals surface area contributed by atoms with Crippen molar-refractivity contribution < 1.29 is 17.9 Å². The number of methoxy groups -OCH3 is 1. The van der Waals surface area contributed by atoms with Crippen molar-refractivity contribution in [3.63, 3.8) is 0 Å². The minimum atomic E-state index is -4.03. The van der Waals surface area contributed by atoms with Crippen molar-refractivity contribution in [3.05, 3.63) is 82.3 Å². The molecule has 0 aliphatic heterocycles. The molecule has 162 valence electrons. The highest BCUT2D eigenvalue weighted by molar-refractivity contribution is 7.92. The molecule has 31 heavy (non-hydrogen) atoms. The minimum absolute atomic E-state index is 0.0645. The van der Waals surface area contributed by atoms with Crippen molar-refractivity contribution in [2.24, 2.45) is 0 Å². The highest BCUT2D eigenvalue weighted by Gasteiger charge is 2.28. The maximum atomic E-state index is 13.4. The molecule has 0 aliphatic rings.